The molecule has 5 nitrogen and oxygen atoms in total. The maximum Gasteiger partial charge on any atom is 0.274 e. The molecule has 0 saturated heterocycles. The number of para-hydroxylation sites is 1. The molecule has 1 aliphatic rings. The van der Waals surface area contributed by atoms with Crippen LogP contribution in [0.5, 0.6) is 0 Å². The van der Waals surface area contributed by atoms with Gasteiger partial charge in [0, 0.05) is 24.4 Å². The van der Waals surface area contributed by atoms with Crippen LogP contribution in [-0.4, -0.2) is 21.1 Å². The van der Waals surface area contributed by atoms with Gasteiger partial charge in [0.1, 0.15) is 5.58 Å². The number of rotatable bonds is 4. The highest BCUT2D eigenvalue weighted by atomic mass is 32.2. The van der Waals surface area contributed by atoms with Crippen LogP contribution in [0.3, 0.4) is 0 Å². The molecule has 2 aromatic carbocycles. The molecule has 0 radical (unpaired) electrons. The topological polar surface area (TPSA) is 68.5 Å². The van der Waals surface area contributed by atoms with Gasteiger partial charge in [-0.3, -0.25) is 0 Å². The zero-order valence-electron chi connectivity index (χ0n) is 12.9. The summed E-state index contributed by atoms with van der Waals surface area (Å²) < 4.78 is 38.6. The van der Waals surface area contributed by atoms with Crippen molar-refractivity contribution in [1.82, 2.24) is 4.72 Å². The molecule has 4 rings (SSSR count). The van der Waals surface area contributed by atoms with Crippen molar-refractivity contribution in [3.8, 4) is 0 Å². The largest absolute Gasteiger partial charge is 0.443 e. The quantitative estimate of drug-likeness (QED) is 0.791. The summed E-state index contributed by atoms with van der Waals surface area (Å²) in [5, 5.41) is 0.695. The SMILES string of the molecule is O=S(=O)(NC[C@@H]1Cc2ccccc2CO1)c1cc2ccccc2o1. The van der Waals surface area contributed by atoms with Crippen molar-refractivity contribution in [2.24, 2.45) is 0 Å². The minimum atomic E-state index is -3.70. The van der Waals surface area contributed by atoms with Crippen molar-refractivity contribution in [2.45, 2.75) is 24.2 Å². The fourth-order valence-corrected chi connectivity index (χ4v) is 3.93. The third-order valence-corrected chi connectivity index (χ3v) is 5.49. The van der Waals surface area contributed by atoms with Gasteiger partial charge in [-0.2, -0.15) is 0 Å². The Morgan fingerprint density at radius 1 is 1.04 bits per heavy atom. The average Bonchev–Trinajstić information content (AvgIpc) is 3.05. The van der Waals surface area contributed by atoms with Gasteiger partial charge in [-0.25, -0.2) is 13.1 Å². The first kappa shape index (κ1) is 15.4. The van der Waals surface area contributed by atoms with E-state index in [0.717, 1.165) is 10.9 Å². The van der Waals surface area contributed by atoms with E-state index >= 15 is 0 Å². The highest BCUT2D eigenvalue weighted by molar-refractivity contribution is 7.89. The highest BCUT2D eigenvalue weighted by Crippen LogP contribution is 2.23. The van der Waals surface area contributed by atoms with E-state index in [1.807, 2.05) is 36.4 Å². The molecule has 6 heteroatoms. The zero-order valence-corrected chi connectivity index (χ0v) is 13.8. The van der Waals surface area contributed by atoms with E-state index in [-0.39, 0.29) is 17.7 Å². The van der Waals surface area contributed by atoms with Gasteiger partial charge < -0.3 is 9.15 Å². The van der Waals surface area contributed by atoms with E-state index in [1.165, 1.54) is 11.6 Å². The maximum atomic E-state index is 12.4. The minimum Gasteiger partial charge on any atom is -0.443 e. The second-order valence-corrected chi connectivity index (χ2v) is 7.56. The lowest BCUT2D eigenvalue weighted by Gasteiger charge is -2.25. The molecule has 124 valence electrons. The molecule has 1 aromatic heterocycles. The molecule has 1 atom stereocenters. The normalized spacial score (nSPS) is 17.8. The molecule has 0 spiro atoms. The molecular formula is C18H17NO4S. The predicted octanol–water partition coefficient (Wildman–Crippen LogP) is 2.85. The molecule has 0 amide bonds. The number of furan rings is 1. The smallest absolute Gasteiger partial charge is 0.274 e. The lowest BCUT2D eigenvalue weighted by atomic mass is 9.99. The number of hydrogen-bond acceptors (Lipinski definition) is 4. The van der Waals surface area contributed by atoms with Crippen LogP contribution >= 0.6 is 0 Å². The zero-order chi connectivity index (χ0) is 16.6. The first-order valence-electron chi connectivity index (χ1n) is 7.78. The van der Waals surface area contributed by atoms with Crippen LogP contribution in [0.4, 0.5) is 0 Å². The Hall–Kier alpha value is -2.15. The second-order valence-electron chi connectivity index (χ2n) is 5.86. The van der Waals surface area contributed by atoms with E-state index in [9.17, 15) is 8.42 Å². The van der Waals surface area contributed by atoms with Gasteiger partial charge in [-0.1, -0.05) is 42.5 Å². The Balaban J connectivity index is 1.47. The molecule has 0 saturated carbocycles. The van der Waals surface area contributed by atoms with E-state index in [1.54, 1.807) is 6.07 Å². The minimum absolute atomic E-state index is 0.0695. The Labute approximate surface area is 140 Å². The summed E-state index contributed by atoms with van der Waals surface area (Å²) in [6.07, 6.45) is 0.512. The summed E-state index contributed by atoms with van der Waals surface area (Å²) in [6.45, 7) is 0.723. The Morgan fingerprint density at radius 2 is 1.79 bits per heavy atom. The number of sulfonamides is 1. The molecule has 1 aliphatic heterocycles. The van der Waals surface area contributed by atoms with Crippen molar-refractivity contribution in [2.75, 3.05) is 6.54 Å². The van der Waals surface area contributed by atoms with Crippen molar-refractivity contribution in [3.63, 3.8) is 0 Å². The first-order valence-corrected chi connectivity index (χ1v) is 9.27. The monoisotopic (exact) mass is 343 g/mol. The first-order chi connectivity index (χ1) is 11.6. The van der Waals surface area contributed by atoms with Gasteiger partial charge in [0.05, 0.1) is 12.7 Å². The summed E-state index contributed by atoms with van der Waals surface area (Å²) in [7, 11) is -3.70. The summed E-state index contributed by atoms with van der Waals surface area (Å²) in [5.74, 6) is 0. The summed E-state index contributed by atoms with van der Waals surface area (Å²) in [5.41, 5.74) is 2.92. The molecular weight excluding hydrogens is 326 g/mol. The highest BCUT2D eigenvalue weighted by Gasteiger charge is 2.24. The third-order valence-electron chi connectivity index (χ3n) is 4.21. The van der Waals surface area contributed by atoms with Crippen LogP contribution < -0.4 is 4.72 Å². The molecule has 0 unspecified atom stereocenters. The molecule has 2 heterocycles. The van der Waals surface area contributed by atoms with Gasteiger partial charge in [-0.05, 0) is 17.2 Å². The molecule has 1 N–H and O–H groups in total. The van der Waals surface area contributed by atoms with Crippen molar-refractivity contribution >= 4 is 21.0 Å². The molecule has 0 fully saturated rings. The van der Waals surface area contributed by atoms with Gasteiger partial charge in [-0.15, -0.1) is 0 Å². The van der Waals surface area contributed by atoms with E-state index in [2.05, 4.69) is 10.8 Å². The molecule has 3 aromatic rings. The lowest BCUT2D eigenvalue weighted by molar-refractivity contribution is 0.0322. The fourth-order valence-electron chi connectivity index (χ4n) is 2.90. The van der Waals surface area contributed by atoms with Crippen molar-refractivity contribution in [1.29, 1.82) is 0 Å². The average molecular weight is 343 g/mol. The van der Waals surface area contributed by atoms with Gasteiger partial charge in [0.2, 0.25) is 5.09 Å². The summed E-state index contributed by atoms with van der Waals surface area (Å²) in [6, 6.07) is 16.8. The standard InChI is InChI=1S/C18H17NO4S/c20-24(21,18-10-14-6-3-4-8-17(14)23-18)19-11-16-9-13-5-1-2-7-15(13)12-22-16/h1-8,10,16,19H,9,11-12H2/t16-/m0/s1. The van der Waals surface area contributed by atoms with Crippen LogP contribution in [0.1, 0.15) is 11.1 Å². The molecule has 24 heavy (non-hydrogen) atoms. The summed E-state index contributed by atoms with van der Waals surface area (Å²) >= 11 is 0. The van der Waals surface area contributed by atoms with Crippen LogP contribution in [0, 0.1) is 0 Å². The second kappa shape index (κ2) is 6.05. The number of ether oxygens (including phenoxy) is 1. The predicted molar refractivity (Wildman–Crippen MR) is 90.1 cm³/mol. The van der Waals surface area contributed by atoms with Crippen LogP contribution in [0.25, 0.3) is 11.0 Å². The van der Waals surface area contributed by atoms with Gasteiger partial charge >= 0.3 is 0 Å². The van der Waals surface area contributed by atoms with Gasteiger partial charge in [0.15, 0.2) is 0 Å². The van der Waals surface area contributed by atoms with E-state index < -0.39 is 10.0 Å². The Bertz CT molecular complexity index is 944. The number of hydrogen-bond donors (Lipinski definition) is 1. The van der Waals surface area contributed by atoms with E-state index in [0.29, 0.717) is 18.6 Å². The fraction of sp³-hybridized carbons (Fsp3) is 0.222. The summed E-state index contributed by atoms with van der Waals surface area (Å²) in [4.78, 5) is 0. The Morgan fingerprint density at radius 3 is 2.62 bits per heavy atom. The number of nitrogens with one attached hydrogen (secondary N) is 1. The lowest BCUT2D eigenvalue weighted by Crippen LogP contribution is -2.36. The van der Waals surface area contributed by atoms with Gasteiger partial charge in [0.25, 0.3) is 10.0 Å². The van der Waals surface area contributed by atoms with Crippen molar-refractivity contribution in [3.05, 3.63) is 65.7 Å². The van der Waals surface area contributed by atoms with Crippen molar-refractivity contribution < 1.29 is 17.6 Å². The number of fused-ring (bicyclic) bond motifs is 2. The molecule has 0 bridgehead atoms. The maximum absolute atomic E-state index is 12.4. The number of benzene rings is 2. The molecule has 0 aliphatic carbocycles. The van der Waals surface area contributed by atoms with E-state index in [4.69, 9.17) is 9.15 Å². The Kier molecular flexibility index (Phi) is 3.88. The van der Waals surface area contributed by atoms with Crippen LogP contribution in [0.15, 0.2) is 64.1 Å². The third kappa shape index (κ3) is 2.96. The van der Waals surface area contributed by atoms with Crippen LogP contribution in [0.2, 0.25) is 0 Å². The van der Waals surface area contributed by atoms with Crippen LogP contribution in [-0.2, 0) is 27.8 Å².